The summed E-state index contributed by atoms with van der Waals surface area (Å²) in [6.45, 7) is 0.587. The van der Waals surface area contributed by atoms with Crippen molar-refractivity contribution in [3.63, 3.8) is 0 Å². The van der Waals surface area contributed by atoms with E-state index in [0.29, 0.717) is 30.9 Å². The van der Waals surface area contributed by atoms with Gasteiger partial charge in [0.05, 0.1) is 19.7 Å². The van der Waals surface area contributed by atoms with Crippen LogP contribution in [0.1, 0.15) is 17.5 Å². The largest absolute Gasteiger partial charge is 0.493 e. The van der Waals surface area contributed by atoms with Crippen LogP contribution >= 0.6 is 0 Å². The third kappa shape index (κ3) is 4.56. The number of fused-ring (bicyclic) bond motifs is 1. The first kappa shape index (κ1) is 18.7. The number of para-hydroxylation sites is 2. The topological polar surface area (TPSA) is 60.5 Å². The molecular weight excluding hydrogens is 340 g/mol. The van der Waals surface area contributed by atoms with Crippen LogP contribution in [0.15, 0.2) is 54.7 Å². The minimum absolute atomic E-state index is 0.0214. The van der Waals surface area contributed by atoms with Crippen molar-refractivity contribution in [2.45, 2.75) is 19.3 Å². The van der Waals surface area contributed by atoms with Crippen LogP contribution < -0.4 is 14.8 Å². The fraction of sp³-hybridized carbons (Fsp3) is 0.273. The highest BCUT2D eigenvalue weighted by Crippen LogP contribution is 2.31. The lowest BCUT2D eigenvalue weighted by atomic mass is 10.1. The molecule has 27 heavy (non-hydrogen) atoms. The maximum Gasteiger partial charge on any atom is 0.220 e. The lowest BCUT2D eigenvalue weighted by Crippen LogP contribution is -2.26. The zero-order valence-corrected chi connectivity index (χ0v) is 15.7. The number of hydrogen-bond acceptors (Lipinski definition) is 4. The smallest absolute Gasteiger partial charge is 0.220 e. The van der Waals surface area contributed by atoms with Gasteiger partial charge in [-0.3, -0.25) is 9.78 Å². The highest BCUT2D eigenvalue weighted by molar-refractivity contribution is 5.81. The second-order valence-corrected chi connectivity index (χ2v) is 6.24. The van der Waals surface area contributed by atoms with Crippen LogP contribution in [-0.4, -0.2) is 31.7 Å². The average Bonchev–Trinajstić information content (AvgIpc) is 2.72. The number of amides is 1. The Balaban J connectivity index is 1.53. The molecule has 5 heteroatoms. The zero-order chi connectivity index (χ0) is 19.1. The summed E-state index contributed by atoms with van der Waals surface area (Å²) in [5, 5.41) is 4.11. The number of aromatic nitrogens is 1. The number of rotatable bonds is 8. The van der Waals surface area contributed by atoms with E-state index in [4.69, 9.17) is 9.47 Å². The molecule has 1 heterocycles. The predicted octanol–water partition coefficient (Wildman–Crippen LogP) is 3.54. The number of aryl methyl sites for hydroxylation is 1. The van der Waals surface area contributed by atoms with Gasteiger partial charge in [0.1, 0.15) is 0 Å². The third-order valence-electron chi connectivity index (χ3n) is 4.54. The van der Waals surface area contributed by atoms with E-state index >= 15 is 0 Å². The highest BCUT2D eigenvalue weighted by atomic mass is 16.5. The van der Waals surface area contributed by atoms with Gasteiger partial charge in [0.25, 0.3) is 0 Å². The number of pyridine rings is 1. The van der Waals surface area contributed by atoms with E-state index in [2.05, 4.69) is 16.4 Å². The summed E-state index contributed by atoms with van der Waals surface area (Å²) in [5.74, 6) is 1.39. The predicted molar refractivity (Wildman–Crippen MR) is 106 cm³/mol. The first-order valence-electron chi connectivity index (χ1n) is 9.02. The molecule has 0 spiro atoms. The number of hydrogen-bond donors (Lipinski definition) is 1. The second kappa shape index (κ2) is 9.03. The van der Waals surface area contributed by atoms with E-state index in [1.807, 2.05) is 42.5 Å². The van der Waals surface area contributed by atoms with E-state index in [9.17, 15) is 4.79 Å². The highest BCUT2D eigenvalue weighted by Gasteiger charge is 2.11. The van der Waals surface area contributed by atoms with E-state index in [-0.39, 0.29) is 5.91 Å². The van der Waals surface area contributed by atoms with Gasteiger partial charge in [-0.25, -0.2) is 0 Å². The third-order valence-corrected chi connectivity index (χ3v) is 4.54. The van der Waals surface area contributed by atoms with Gasteiger partial charge in [-0.15, -0.1) is 0 Å². The second-order valence-electron chi connectivity index (χ2n) is 6.24. The van der Waals surface area contributed by atoms with Crippen LogP contribution in [0.3, 0.4) is 0 Å². The summed E-state index contributed by atoms with van der Waals surface area (Å²) in [5.41, 5.74) is 3.10. The van der Waals surface area contributed by atoms with E-state index in [1.54, 1.807) is 20.4 Å². The molecule has 1 N–H and O–H groups in total. The molecule has 0 aliphatic rings. The minimum Gasteiger partial charge on any atom is -0.493 e. The van der Waals surface area contributed by atoms with Crippen LogP contribution in [0.4, 0.5) is 0 Å². The first-order chi connectivity index (χ1) is 13.2. The van der Waals surface area contributed by atoms with Gasteiger partial charge in [0.2, 0.25) is 5.91 Å². The van der Waals surface area contributed by atoms with Crippen molar-refractivity contribution in [2.24, 2.45) is 0 Å². The van der Waals surface area contributed by atoms with Crippen LogP contribution in [0.2, 0.25) is 0 Å². The molecule has 0 saturated heterocycles. The van der Waals surface area contributed by atoms with Crippen molar-refractivity contribution in [3.8, 4) is 11.5 Å². The van der Waals surface area contributed by atoms with Crippen LogP contribution in [-0.2, 0) is 17.6 Å². The number of carbonyl (C=O) groups excluding carboxylic acids is 1. The Labute approximate surface area is 159 Å². The van der Waals surface area contributed by atoms with Crippen molar-refractivity contribution in [1.82, 2.24) is 10.3 Å². The van der Waals surface area contributed by atoms with Crippen molar-refractivity contribution < 1.29 is 14.3 Å². The Morgan fingerprint density at radius 1 is 0.963 bits per heavy atom. The molecule has 1 aromatic heterocycles. The maximum absolute atomic E-state index is 12.2. The SMILES string of the molecule is COc1cccc(CCC(=O)NCCc2cccc3cccnc23)c1OC. The Morgan fingerprint density at radius 2 is 1.74 bits per heavy atom. The maximum atomic E-state index is 12.2. The summed E-state index contributed by atoms with van der Waals surface area (Å²) in [6, 6.07) is 15.8. The molecule has 2 aromatic carbocycles. The molecular formula is C22H24N2O3. The number of carbonyl (C=O) groups is 1. The van der Waals surface area contributed by atoms with Crippen molar-refractivity contribution in [2.75, 3.05) is 20.8 Å². The fourth-order valence-corrected chi connectivity index (χ4v) is 3.19. The van der Waals surface area contributed by atoms with Crippen LogP contribution in [0.5, 0.6) is 11.5 Å². The number of ether oxygens (including phenoxy) is 2. The summed E-state index contributed by atoms with van der Waals surface area (Å²) in [6.07, 6.45) is 3.55. The zero-order valence-electron chi connectivity index (χ0n) is 15.7. The van der Waals surface area contributed by atoms with Gasteiger partial charge in [0, 0.05) is 24.5 Å². The van der Waals surface area contributed by atoms with Gasteiger partial charge in [-0.2, -0.15) is 0 Å². The number of nitrogens with one attached hydrogen (secondary N) is 1. The van der Waals surface area contributed by atoms with E-state index in [1.165, 1.54) is 0 Å². The van der Waals surface area contributed by atoms with E-state index < -0.39 is 0 Å². The molecule has 140 valence electrons. The summed E-state index contributed by atoms with van der Waals surface area (Å²) in [4.78, 5) is 16.7. The summed E-state index contributed by atoms with van der Waals surface area (Å²) in [7, 11) is 3.22. The van der Waals surface area contributed by atoms with Gasteiger partial charge < -0.3 is 14.8 Å². The fourth-order valence-electron chi connectivity index (χ4n) is 3.19. The summed E-state index contributed by atoms with van der Waals surface area (Å²) < 4.78 is 10.7. The molecule has 0 saturated carbocycles. The monoisotopic (exact) mass is 364 g/mol. The normalized spacial score (nSPS) is 10.6. The summed E-state index contributed by atoms with van der Waals surface area (Å²) >= 11 is 0. The first-order valence-corrected chi connectivity index (χ1v) is 9.02. The number of nitrogens with zero attached hydrogens (tertiary/aromatic N) is 1. The van der Waals surface area contributed by atoms with Gasteiger partial charge in [0.15, 0.2) is 11.5 Å². The van der Waals surface area contributed by atoms with Gasteiger partial charge >= 0.3 is 0 Å². The van der Waals surface area contributed by atoms with Gasteiger partial charge in [-0.1, -0.05) is 36.4 Å². The van der Waals surface area contributed by atoms with E-state index in [0.717, 1.165) is 28.5 Å². The van der Waals surface area contributed by atoms with Crippen molar-refractivity contribution in [1.29, 1.82) is 0 Å². The molecule has 0 aliphatic heterocycles. The molecule has 0 radical (unpaired) electrons. The molecule has 0 aliphatic carbocycles. The minimum atomic E-state index is 0.0214. The molecule has 3 aromatic rings. The molecule has 3 rings (SSSR count). The number of benzene rings is 2. The molecule has 0 unspecified atom stereocenters. The Hall–Kier alpha value is -3.08. The van der Waals surface area contributed by atoms with Gasteiger partial charge in [-0.05, 0) is 36.1 Å². The lowest BCUT2D eigenvalue weighted by molar-refractivity contribution is -0.121. The molecule has 0 atom stereocenters. The Bertz CT molecular complexity index is 919. The molecule has 0 fully saturated rings. The van der Waals surface area contributed by atoms with Crippen LogP contribution in [0.25, 0.3) is 10.9 Å². The average molecular weight is 364 g/mol. The lowest BCUT2D eigenvalue weighted by Gasteiger charge is -2.12. The quantitative estimate of drug-likeness (QED) is 0.664. The Kier molecular flexibility index (Phi) is 6.26. The molecule has 1 amide bonds. The van der Waals surface area contributed by atoms with Crippen LogP contribution in [0, 0.1) is 0 Å². The van der Waals surface area contributed by atoms with Crippen molar-refractivity contribution >= 4 is 16.8 Å². The molecule has 5 nitrogen and oxygen atoms in total. The molecule has 0 bridgehead atoms. The Morgan fingerprint density at radius 3 is 2.56 bits per heavy atom. The van der Waals surface area contributed by atoms with Crippen molar-refractivity contribution in [3.05, 3.63) is 65.9 Å². The standard InChI is InChI=1S/C22H24N2O3/c1-26-19-10-4-8-18(22(19)27-2)11-12-20(25)23-15-13-17-7-3-6-16-9-5-14-24-21(16)17/h3-10,14H,11-13,15H2,1-2H3,(H,23,25). The number of methoxy groups -OCH3 is 2.